The van der Waals surface area contributed by atoms with Gasteiger partial charge in [-0.2, -0.15) is 0 Å². The second kappa shape index (κ2) is 4.81. The summed E-state index contributed by atoms with van der Waals surface area (Å²) in [6.07, 6.45) is 6.96. The Labute approximate surface area is 92.0 Å². The minimum atomic E-state index is -0.419. The van der Waals surface area contributed by atoms with Gasteiger partial charge in [-0.25, -0.2) is 0 Å². The van der Waals surface area contributed by atoms with Gasteiger partial charge in [0.2, 0.25) is 0 Å². The summed E-state index contributed by atoms with van der Waals surface area (Å²) in [6.45, 7) is 1.75. The third-order valence-corrected chi connectivity index (χ3v) is 3.97. The third kappa shape index (κ3) is 3.16. The lowest BCUT2D eigenvalue weighted by Crippen LogP contribution is -2.40. The molecule has 0 aromatic rings. The van der Waals surface area contributed by atoms with E-state index in [0.29, 0.717) is 12.0 Å². The summed E-state index contributed by atoms with van der Waals surface area (Å²) in [5.74, 6) is 0.665. The second-order valence-corrected chi connectivity index (χ2v) is 5.32. The van der Waals surface area contributed by atoms with Crippen molar-refractivity contribution in [2.24, 2.45) is 11.7 Å². The van der Waals surface area contributed by atoms with Gasteiger partial charge in [-0.1, -0.05) is 0 Å². The molecule has 1 saturated heterocycles. The molecule has 0 atom stereocenters. The molecule has 1 saturated carbocycles. The Morgan fingerprint density at radius 1 is 1.13 bits per heavy atom. The molecule has 2 rings (SSSR count). The first-order valence-electron chi connectivity index (χ1n) is 6.24. The lowest BCUT2D eigenvalue weighted by molar-refractivity contribution is -0.0385. The van der Waals surface area contributed by atoms with Crippen LogP contribution in [0.15, 0.2) is 0 Å². The summed E-state index contributed by atoms with van der Waals surface area (Å²) in [5.41, 5.74) is 5.44. The molecule has 0 aromatic carbocycles. The van der Waals surface area contributed by atoms with Gasteiger partial charge in [0, 0.05) is 19.3 Å². The maximum Gasteiger partial charge on any atom is 0.0651 e. The van der Waals surface area contributed by atoms with E-state index >= 15 is 0 Å². The van der Waals surface area contributed by atoms with Crippen molar-refractivity contribution >= 4 is 0 Å². The fourth-order valence-electron chi connectivity index (χ4n) is 2.87. The van der Waals surface area contributed by atoms with E-state index in [2.05, 4.69) is 0 Å². The maximum atomic E-state index is 10.4. The van der Waals surface area contributed by atoms with Crippen LogP contribution >= 0.6 is 0 Å². The summed E-state index contributed by atoms with van der Waals surface area (Å²) in [7, 11) is 0. The summed E-state index contributed by atoms with van der Waals surface area (Å²) in [5, 5.41) is 10.4. The van der Waals surface area contributed by atoms with Gasteiger partial charge in [0.15, 0.2) is 0 Å². The Morgan fingerprint density at radius 3 is 2.33 bits per heavy atom. The van der Waals surface area contributed by atoms with Crippen LogP contribution in [0, 0.1) is 5.92 Å². The van der Waals surface area contributed by atoms with E-state index in [4.69, 9.17) is 10.5 Å². The van der Waals surface area contributed by atoms with Crippen molar-refractivity contribution < 1.29 is 9.84 Å². The molecule has 0 unspecified atom stereocenters. The van der Waals surface area contributed by atoms with Gasteiger partial charge in [0.25, 0.3) is 0 Å². The van der Waals surface area contributed by atoms with E-state index in [1.807, 2.05) is 0 Å². The molecule has 1 heterocycles. The highest BCUT2D eigenvalue weighted by Crippen LogP contribution is 2.35. The first-order chi connectivity index (χ1) is 7.18. The van der Waals surface area contributed by atoms with Gasteiger partial charge in [0.1, 0.15) is 0 Å². The van der Waals surface area contributed by atoms with Crippen molar-refractivity contribution in [3.63, 3.8) is 0 Å². The lowest BCUT2D eigenvalue weighted by Gasteiger charge is -2.38. The van der Waals surface area contributed by atoms with Crippen LogP contribution in [0.1, 0.15) is 44.9 Å². The highest BCUT2D eigenvalue weighted by atomic mass is 16.5. The highest BCUT2D eigenvalue weighted by molar-refractivity contribution is 4.89. The first-order valence-corrected chi connectivity index (χ1v) is 6.24. The molecule has 0 bridgehead atoms. The van der Waals surface area contributed by atoms with Crippen LogP contribution in [0.5, 0.6) is 0 Å². The Balaban J connectivity index is 1.81. The first kappa shape index (κ1) is 11.4. The largest absolute Gasteiger partial charge is 0.390 e. The molecule has 3 heteroatoms. The lowest BCUT2D eigenvalue weighted by atomic mass is 9.75. The molecule has 0 radical (unpaired) electrons. The highest BCUT2D eigenvalue weighted by Gasteiger charge is 2.34. The van der Waals surface area contributed by atoms with Crippen LogP contribution in [0.25, 0.3) is 0 Å². The molecule has 2 aliphatic rings. The monoisotopic (exact) mass is 213 g/mol. The predicted molar refractivity (Wildman–Crippen MR) is 59.6 cm³/mol. The molecule has 0 spiro atoms. The molecule has 0 aromatic heterocycles. The average Bonchev–Trinajstić information content (AvgIpc) is 2.24. The van der Waals surface area contributed by atoms with Crippen LogP contribution in [0.2, 0.25) is 0 Å². The molecular formula is C12H23NO2. The normalized spacial score (nSPS) is 39.2. The smallest absolute Gasteiger partial charge is 0.0651 e. The van der Waals surface area contributed by atoms with E-state index in [9.17, 15) is 5.11 Å². The van der Waals surface area contributed by atoms with Crippen molar-refractivity contribution in [2.75, 3.05) is 13.2 Å². The number of nitrogens with two attached hydrogens (primary N) is 1. The molecule has 2 fully saturated rings. The van der Waals surface area contributed by atoms with Gasteiger partial charge in [0.05, 0.1) is 5.60 Å². The molecular weight excluding hydrogens is 190 g/mol. The molecule has 88 valence electrons. The fraction of sp³-hybridized carbons (Fsp3) is 1.00. The van der Waals surface area contributed by atoms with Crippen LogP contribution in [0.4, 0.5) is 0 Å². The zero-order valence-electron chi connectivity index (χ0n) is 9.45. The summed E-state index contributed by atoms with van der Waals surface area (Å²) in [4.78, 5) is 0. The Morgan fingerprint density at radius 2 is 1.73 bits per heavy atom. The Kier molecular flexibility index (Phi) is 3.65. The predicted octanol–water partition coefficient (Wildman–Crippen LogP) is 1.44. The molecule has 3 nitrogen and oxygen atoms in total. The number of hydrogen-bond donors (Lipinski definition) is 2. The van der Waals surface area contributed by atoms with Crippen LogP contribution < -0.4 is 5.73 Å². The van der Waals surface area contributed by atoms with Crippen LogP contribution in [-0.4, -0.2) is 30.0 Å². The minimum absolute atomic E-state index is 0.319. The van der Waals surface area contributed by atoms with Gasteiger partial charge >= 0.3 is 0 Å². The third-order valence-electron chi connectivity index (χ3n) is 3.97. The van der Waals surface area contributed by atoms with Gasteiger partial charge in [-0.05, 0) is 50.9 Å². The maximum absolute atomic E-state index is 10.4. The van der Waals surface area contributed by atoms with Crippen LogP contribution in [0.3, 0.4) is 0 Å². The zero-order valence-corrected chi connectivity index (χ0v) is 9.45. The molecule has 1 aliphatic carbocycles. The van der Waals surface area contributed by atoms with Crippen molar-refractivity contribution in [3.05, 3.63) is 0 Å². The van der Waals surface area contributed by atoms with E-state index in [0.717, 1.165) is 58.2 Å². The minimum Gasteiger partial charge on any atom is -0.390 e. The molecule has 1 aliphatic heterocycles. The van der Waals surface area contributed by atoms with E-state index < -0.39 is 5.60 Å². The fourth-order valence-corrected chi connectivity index (χ4v) is 2.87. The van der Waals surface area contributed by atoms with Crippen molar-refractivity contribution in [1.29, 1.82) is 0 Å². The quantitative estimate of drug-likeness (QED) is 0.729. The topological polar surface area (TPSA) is 55.5 Å². The molecule has 15 heavy (non-hydrogen) atoms. The van der Waals surface area contributed by atoms with Gasteiger partial charge in [-0.3, -0.25) is 0 Å². The van der Waals surface area contributed by atoms with Crippen molar-refractivity contribution in [1.82, 2.24) is 0 Å². The van der Waals surface area contributed by atoms with E-state index in [1.165, 1.54) is 0 Å². The number of aliphatic hydroxyl groups is 1. The number of ether oxygens (including phenoxy) is 1. The molecule has 3 N–H and O–H groups in total. The SMILES string of the molecule is NC1CCC(O)(CC2CCOCC2)CC1. The van der Waals surface area contributed by atoms with Crippen LogP contribution in [-0.2, 0) is 4.74 Å². The van der Waals surface area contributed by atoms with Crippen molar-refractivity contribution in [2.45, 2.75) is 56.6 Å². The second-order valence-electron chi connectivity index (χ2n) is 5.32. The molecule has 0 amide bonds. The average molecular weight is 213 g/mol. The summed E-state index contributed by atoms with van der Waals surface area (Å²) >= 11 is 0. The van der Waals surface area contributed by atoms with Crippen molar-refractivity contribution in [3.8, 4) is 0 Å². The van der Waals surface area contributed by atoms with E-state index in [-0.39, 0.29) is 0 Å². The summed E-state index contributed by atoms with van der Waals surface area (Å²) < 4.78 is 5.34. The Hall–Kier alpha value is -0.120. The Bertz CT molecular complexity index is 194. The number of rotatable bonds is 2. The summed E-state index contributed by atoms with van der Waals surface area (Å²) in [6, 6.07) is 0.319. The van der Waals surface area contributed by atoms with E-state index in [1.54, 1.807) is 0 Å². The standard InChI is InChI=1S/C12H23NO2/c13-11-1-5-12(14,6-2-11)9-10-3-7-15-8-4-10/h10-11,14H,1-9,13H2. The van der Waals surface area contributed by atoms with Gasteiger partial charge in [-0.15, -0.1) is 0 Å². The zero-order chi connectivity index (χ0) is 10.7. The number of hydrogen-bond acceptors (Lipinski definition) is 3. The van der Waals surface area contributed by atoms with Gasteiger partial charge < -0.3 is 15.6 Å².